The molecule has 0 saturated carbocycles. The number of carbonyl (C=O) groups excluding carboxylic acids is 1. The van der Waals surface area contributed by atoms with Crippen molar-refractivity contribution >= 4 is 29.0 Å². The maximum absolute atomic E-state index is 13.4. The van der Waals surface area contributed by atoms with E-state index in [4.69, 9.17) is 11.6 Å². The minimum atomic E-state index is -0.490. The Bertz CT molecular complexity index is 661. The molecule has 1 heterocycles. The van der Waals surface area contributed by atoms with E-state index in [1.54, 1.807) is 38.2 Å². The monoisotopic (exact) mass is 293 g/mol. The molecule has 1 aromatic heterocycles. The van der Waals surface area contributed by atoms with E-state index in [0.717, 1.165) is 0 Å². The van der Waals surface area contributed by atoms with Crippen LogP contribution in [-0.4, -0.2) is 17.9 Å². The number of aryl methyl sites for hydroxylation is 1. The third-order valence-electron chi connectivity index (χ3n) is 2.75. The van der Waals surface area contributed by atoms with Crippen LogP contribution in [0.2, 0.25) is 5.02 Å². The minimum Gasteiger partial charge on any atom is -0.373 e. The van der Waals surface area contributed by atoms with Crippen LogP contribution in [0.4, 0.5) is 15.9 Å². The molecule has 2 aromatic rings. The normalized spacial score (nSPS) is 10.2. The number of benzene rings is 1. The largest absolute Gasteiger partial charge is 0.373 e. The fourth-order valence-electron chi connectivity index (χ4n) is 1.60. The van der Waals surface area contributed by atoms with Gasteiger partial charge in [-0.1, -0.05) is 17.7 Å². The molecule has 2 rings (SSSR count). The Kier molecular flexibility index (Phi) is 4.20. The van der Waals surface area contributed by atoms with E-state index in [1.807, 2.05) is 0 Å². The van der Waals surface area contributed by atoms with Gasteiger partial charge in [-0.2, -0.15) is 0 Å². The van der Waals surface area contributed by atoms with Crippen molar-refractivity contribution in [1.82, 2.24) is 4.98 Å². The summed E-state index contributed by atoms with van der Waals surface area (Å²) in [5.74, 6) is -0.351. The highest BCUT2D eigenvalue weighted by Crippen LogP contribution is 2.19. The van der Waals surface area contributed by atoms with Crippen LogP contribution in [0.5, 0.6) is 0 Å². The Morgan fingerprint density at radius 2 is 2.05 bits per heavy atom. The van der Waals surface area contributed by atoms with E-state index in [2.05, 4.69) is 15.6 Å². The molecule has 0 atom stereocenters. The Balaban J connectivity index is 2.25. The molecule has 2 N–H and O–H groups in total. The van der Waals surface area contributed by atoms with Crippen molar-refractivity contribution in [3.05, 3.63) is 52.4 Å². The Labute approximate surface area is 121 Å². The zero-order valence-corrected chi connectivity index (χ0v) is 11.8. The first-order valence-corrected chi connectivity index (χ1v) is 6.31. The molecule has 0 unspecified atom stereocenters. The standard InChI is InChI=1S/C14H13ClFN3O/c1-8-3-4-9(7-11(8)16)18-14(20)13-10(15)5-6-12(17-2)19-13/h3-7H,1-2H3,(H,17,19)(H,18,20). The number of amides is 1. The summed E-state index contributed by atoms with van der Waals surface area (Å²) in [6.07, 6.45) is 0. The molecule has 6 heteroatoms. The number of aromatic nitrogens is 1. The highest BCUT2D eigenvalue weighted by atomic mass is 35.5. The second-order valence-corrected chi connectivity index (χ2v) is 4.60. The third kappa shape index (κ3) is 3.05. The van der Waals surface area contributed by atoms with Crippen LogP contribution < -0.4 is 10.6 Å². The van der Waals surface area contributed by atoms with E-state index in [1.165, 1.54) is 6.07 Å². The smallest absolute Gasteiger partial charge is 0.275 e. The number of nitrogens with zero attached hydrogens (tertiary/aromatic N) is 1. The SMILES string of the molecule is CNc1ccc(Cl)c(C(=O)Nc2ccc(C)c(F)c2)n1. The van der Waals surface area contributed by atoms with Gasteiger partial charge in [-0.3, -0.25) is 4.79 Å². The van der Waals surface area contributed by atoms with Gasteiger partial charge >= 0.3 is 0 Å². The third-order valence-corrected chi connectivity index (χ3v) is 3.05. The summed E-state index contributed by atoms with van der Waals surface area (Å²) < 4.78 is 13.4. The molecule has 0 aliphatic rings. The summed E-state index contributed by atoms with van der Waals surface area (Å²) in [6.45, 7) is 1.65. The lowest BCUT2D eigenvalue weighted by Crippen LogP contribution is -2.15. The summed E-state index contributed by atoms with van der Waals surface area (Å²) in [5.41, 5.74) is 0.946. The van der Waals surface area contributed by atoms with Crippen LogP contribution in [0.15, 0.2) is 30.3 Å². The lowest BCUT2D eigenvalue weighted by Gasteiger charge is -2.08. The molecule has 4 nitrogen and oxygen atoms in total. The van der Waals surface area contributed by atoms with Crippen LogP contribution in [0.25, 0.3) is 0 Å². The van der Waals surface area contributed by atoms with Crippen molar-refractivity contribution in [2.75, 3.05) is 17.7 Å². The Morgan fingerprint density at radius 3 is 2.70 bits per heavy atom. The van der Waals surface area contributed by atoms with Gasteiger partial charge in [-0.05, 0) is 36.8 Å². The van der Waals surface area contributed by atoms with Crippen LogP contribution in [-0.2, 0) is 0 Å². The molecule has 0 saturated heterocycles. The zero-order valence-electron chi connectivity index (χ0n) is 11.0. The zero-order chi connectivity index (χ0) is 14.7. The highest BCUT2D eigenvalue weighted by Gasteiger charge is 2.13. The number of rotatable bonds is 3. The van der Waals surface area contributed by atoms with Crippen LogP contribution in [0.3, 0.4) is 0 Å². The van der Waals surface area contributed by atoms with Crippen LogP contribution >= 0.6 is 11.6 Å². The molecule has 1 amide bonds. The van der Waals surface area contributed by atoms with E-state index in [9.17, 15) is 9.18 Å². The summed E-state index contributed by atoms with van der Waals surface area (Å²) in [4.78, 5) is 16.2. The van der Waals surface area contributed by atoms with Crippen LogP contribution in [0.1, 0.15) is 16.1 Å². The van der Waals surface area contributed by atoms with Crippen molar-refractivity contribution in [1.29, 1.82) is 0 Å². The Morgan fingerprint density at radius 1 is 1.30 bits per heavy atom. The fraction of sp³-hybridized carbons (Fsp3) is 0.143. The second-order valence-electron chi connectivity index (χ2n) is 4.20. The van der Waals surface area contributed by atoms with Crippen molar-refractivity contribution in [3.63, 3.8) is 0 Å². The molecule has 0 fully saturated rings. The van der Waals surface area contributed by atoms with Crippen molar-refractivity contribution in [2.45, 2.75) is 6.92 Å². The second kappa shape index (κ2) is 5.88. The topological polar surface area (TPSA) is 54.0 Å². The average Bonchev–Trinajstić information content (AvgIpc) is 2.43. The molecule has 104 valence electrons. The van der Waals surface area contributed by atoms with Crippen molar-refractivity contribution in [3.8, 4) is 0 Å². The number of anilines is 2. The molecule has 0 spiro atoms. The number of nitrogens with one attached hydrogen (secondary N) is 2. The van der Waals surface area contributed by atoms with Crippen molar-refractivity contribution in [2.24, 2.45) is 0 Å². The quantitative estimate of drug-likeness (QED) is 0.911. The van der Waals surface area contributed by atoms with Crippen LogP contribution in [0, 0.1) is 12.7 Å². The molecule has 0 aliphatic heterocycles. The number of pyridine rings is 1. The molecule has 0 radical (unpaired) electrons. The summed E-state index contributed by atoms with van der Waals surface area (Å²) in [7, 11) is 1.69. The van der Waals surface area contributed by atoms with Gasteiger partial charge in [0.1, 0.15) is 17.3 Å². The highest BCUT2D eigenvalue weighted by molar-refractivity contribution is 6.34. The van der Waals surface area contributed by atoms with E-state index in [0.29, 0.717) is 17.1 Å². The fourth-order valence-corrected chi connectivity index (χ4v) is 1.79. The molecule has 0 bridgehead atoms. The summed E-state index contributed by atoms with van der Waals surface area (Å²) in [5, 5.41) is 5.62. The lowest BCUT2D eigenvalue weighted by molar-refractivity contribution is 0.102. The first-order chi connectivity index (χ1) is 9.51. The van der Waals surface area contributed by atoms with Gasteiger partial charge < -0.3 is 10.6 Å². The van der Waals surface area contributed by atoms with Gasteiger partial charge in [0.15, 0.2) is 0 Å². The summed E-state index contributed by atoms with van der Waals surface area (Å²) in [6, 6.07) is 7.69. The number of halogens is 2. The minimum absolute atomic E-state index is 0.0829. The van der Waals surface area contributed by atoms with Gasteiger partial charge in [0, 0.05) is 12.7 Å². The number of carbonyl (C=O) groups is 1. The molecule has 1 aromatic carbocycles. The van der Waals surface area contributed by atoms with Gasteiger partial charge in [0.05, 0.1) is 5.02 Å². The summed E-state index contributed by atoms with van der Waals surface area (Å²) >= 11 is 5.95. The first-order valence-electron chi connectivity index (χ1n) is 5.93. The average molecular weight is 294 g/mol. The molecule has 20 heavy (non-hydrogen) atoms. The van der Waals surface area contributed by atoms with Gasteiger partial charge in [0.25, 0.3) is 5.91 Å². The van der Waals surface area contributed by atoms with Gasteiger partial charge in [0.2, 0.25) is 0 Å². The predicted molar refractivity (Wildman–Crippen MR) is 77.9 cm³/mol. The molecule has 0 aliphatic carbocycles. The van der Waals surface area contributed by atoms with Gasteiger partial charge in [-0.25, -0.2) is 9.37 Å². The maximum atomic E-state index is 13.4. The molecular formula is C14H13ClFN3O. The maximum Gasteiger partial charge on any atom is 0.275 e. The van der Waals surface area contributed by atoms with Gasteiger partial charge in [-0.15, -0.1) is 0 Å². The van der Waals surface area contributed by atoms with E-state index < -0.39 is 5.91 Å². The lowest BCUT2D eigenvalue weighted by atomic mass is 10.2. The van der Waals surface area contributed by atoms with E-state index >= 15 is 0 Å². The molecular weight excluding hydrogens is 281 g/mol. The van der Waals surface area contributed by atoms with E-state index in [-0.39, 0.29) is 16.5 Å². The Hall–Kier alpha value is -2.14. The first kappa shape index (κ1) is 14.3. The van der Waals surface area contributed by atoms with Crippen molar-refractivity contribution < 1.29 is 9.18 Å². The number of hydrogen-bond donors (Lipinski definition) is 2. The predicted octanol–water partition coefficient (Wildman–Crippen LogP) is 3.48. The number of hydrogen-bond acceptors (Lipinski definition) is 3.